The molecule has 3 rings (SSSR count). The molecule has 2 aromatic carbocycles. The van der Waals surface area contributed by atoms with Gasteiger partial charge in [0.05, 0.1) is 25.2 Å². The molecule has 1 aromatic heterocycles. The van der Waals surface area contributed by atoms with Crippen LogP contribution in [-0.2, 0) is 10.0 Å². The number of thiazole rings is 1. The second-order valence-electron chi connectivity index (χ2n) is 6.47. The normalized spacial score (nSPS) is 11.1. The van der Waals surface area contributed by atoms with Crippen LogP contribution < -0.4 is 19.5 Å². The summed E-state index contributed by atoms with van der Waals surface area (Å²) in [5.74, 6) is 0.795. The largest absolute Gasteiger partial charge is 0.490 e. The number of carbonyl (C=O) groups excluding carboxylic acids is 1. The first-order valence-electron chi connectivity index (χ1n) is 9.53. The van der Waals surface area contributed by atoms with Crippen molar-refractivity contribution in [2.24, 2.45) is 0 Å². The molecule has 0 fully saturated rings. The zero-order chi connectivity index (χ0) is 22.4. The molecule has 0 saturated heterocycles. The first kappa shape index (κ1) is 22.6. The van der Waals surface area contributed by atoms with E-state index in [0.717, 1.165) is 11.8 Å². The number of sulfonamides is 1. The molecular weight excluding hydrogens is 438 g/mol. The summed E-state index contributed by atoms with van der Waals surface area (Å²) < 4.78 is 36.1. The zero-order valence-corrected chi connectivity index (χ0v) is 19.0. The summed E-state index contributed by atoms with van der Waals surface area (Å²) in [5, 5.41) is 5.06. The van der Waals surface area contributed by atoms with Crippen molar-refractivity contribution < 1.29 is 22.7 Å². The van der Waals surface area contributed by atoms with Gasteiger partial charge in [-0.1, -0.05) is 12.1 Å². The van der Waals surface area contributed by atoms with Crippen molar-refractivity contribution in [1.29, 1.82) is 0 Å². The molecule has 0 aliphatic rings. The van der Waals surface area contributed by atoms with Crippen LogP contribution in [0, 0.1) is 0 Å². The summed E-state index contributed by atoms with van der Waals surface area (Å²) in [6.07, 6.45) is 1.10. The van der Waals surface area contributed by atoms with Crippen LogP contribution in [-0.4, -0.2) is 38.8 Å². The third-order valence-electron chi connectivity index (χ3n) is 4.01. The van der Waals surface area contributed by atoms with Crippen molar-refractivity contribution in [3.63, 3.8) is 0 Å². The lowest BCUT2D eigenvalue weighted by Gasteiger charge is -2.12. The standard InChI is InChI=1S/C21H23N3O5S2/c1-4-28-18-11-8-15(12-19(18)29-5-2)20(25)23-21-22-17(13-30-21)14-6-9-16(10-7-14)24-31(3,26)27/h6-13,24H,4-5H2,1-3H3,(H,22,23,25). The quantitative estimate of drug-likeness (QED) is 0.494. The lowest BCUT2D eigenvalue weighted by atomic mass is 10.1. The molecule has 3 aromatic rings. The van der Waals surface area contributed by atoms with E-state index < -0.39 is 10.0 Å². The number of anilines is 2. The number of rotatable bonds is 9. The Balaban J connectivity index is 1.72. The third-order valence-corrected chi connectivity index (χ3v) is 5.38. The van der Waals surface area contributed by atoms with Crippen molar-refractivity contribution in [2.45, 2.75) is 13.8 Å². The van der Waals surface area contributed by atoms with Gasteiger partial charge in [-0.05, 0) is 44.2 Å². The number of nitrogens with one attached hydrogen (secondary N) is 2. The van der Waals surface area contributed by atoms with Gasteiger partial charge >= 0.3 is 0 Å². The summed E-state index contributed by atoms with van der Waals surface area (Å²) in [6.45, 7) is 4.70. The van der Waals surface area contributed by atoms with E-state index >= 15 is 0 Å². The lowest BCUT2D eigenvalue weighted by molar-refractivity contribution is 0.102. The first-order chi connectivity index (χ1) is 14.8. The van der Waals surface area contributed by atoms with E-state index in [1.807, 2.05) is 19.2 Å². The van der Waals surface area contributed by atoms with E-state index in [2.05, 4.69) is 15.0 Å². The molecule has 0 saturated carbocycles. The molecule has 1 amide bonds. The maximum atomic E-state index is 12.7. The Morgan fingerprint density at radius 1 is 1.03 bits per heavy atom. The van der Waals surface area contributed by atoms with Crippen LogP contribution in [0.2, 0.25) is 0 Å². The minimum Gasteiger partial charge on any atom is -0.490 e. The van der Waals surface area contributed by atoms with Gasteiger partial charge in [-0.2, -0.15) is 0 Å². The van der Waals surface area contributed by atoms with Gasteiger partial charge < -0.3 is 9.47 Å². The van der Waals surface area contributed by atoms with Crippen molar-refractivity contribution in [2.75, 3.05) is 29.5 Å². The Kier molecular flexibility index (Phi) is 7.13. The lowest BCUT2D eigenvalue weighted by Crippen LogP contribution is -2.12. The van der Waals surface area contributed by atoms with Gasteiger partial charge in [0.25, 0.3) is 5.91 Å². The van der Waals surface area contributed by atoms with Gasteiger partial charge in [0, 0.05) is 22.2 Å². The van der Waals surface area contributed by atoms with Crippen LogP contribution >= 0.6 is 11.3 Å². The van der Waals surface area contributed by atoms with E-state index in [1.165, 1.54) is 11.3 Å². The number of hydrogen-bond donors (Lipinski definition) is 2. The fraction of sp³-hybridized carbons (Fsp3) is 0.238. The molecule has 0 unspecified atom stereocenters. The van der Waals surface area contributed by atoms with E-state index in [9.17, 15) is 13.2 Å². The summed E-state index contributed by atoms with van der Waals surface area (Å²) in [5.41, 5.74) is 2.37. The fourth-order valence-electron chi connectivity index (χ4n) is 2.75. The molecule has 2 N–H and O–H groups in total. The molecule has 0 atom stereocenters. The third kappa shape index (κ3) is 6.19. The van der Waals surface area contributed by atoms with E-state index in [1.54, 1.807) is 42.5 Å². The maximum absolute atomic E-state index is 12.7. The highest BCUT2D eigenvalue weighted by Crippen LogP contribution is 2.30. The number of carbonyl (C=O) groups is 1. The number of amides is 1. The molecule has 0 aliphatic heterocycles. The van der Waals surface area contributed by atoms with Crippen molar-refractivity contribution in [1.82, 2.24) is 4.98 Å². The molecule has 0 radical (unpaired) electrons. The van der Waals surface area contributed by atoms with Crippen LogP contribution in [0.1, 0.15) is 24.2 Å². The molecular formula is C21H23N3O5S2. The second kappa shape index (κ2) is 9.80. The zero-order valence-electron chi connectivity index (χ0n) is 17.3. The van der Waals surface area contributed by atoms with Crippen molar-refractivity contribution in [3.8, 4) is 22.8 Å². The van der Waals surface area contributed by atoms with E-state index in [4.69, 9.17) is 9.47 Å². The van der Waals surface area contributed by atoms with Gasteiger partial charge in [-0.3, -0.25) is 14.8 Å². The van der Waals surface area contributed by atoms with E-state index in [-0.39, 0.29) is 5.91 Å². The summed E-state index contributed by atoms with van der Waals surface area (Å²) in [7, 11) is -3.33. The summed E-state index contributed by atoms with van der Waals surface area (Å²) in [4.78, 5) is 17.1. The van der Waals surface area contributed by atoms with Gasteiger partial charge in [-0.15, -0.1) is 11.3 Å². The number of hydrogen-bond acceptors (Lipinski definition) is 7. The fourth-order valence-corrected chi connectivity index (χ4v) is 4.03. The summed E-state index contributed by atoms with van der Waals surface area (Å²) >= 11 is 1.30. The Morgan fingerprint density at radius 2 is 1.71 bits per heavy atom. The highest BCUT2D eigenvalue weighted by molar-refractivity contribution is 7.92. The average molecular weight is 462 g/mol. The topological polar surface area (TPSA) is 107 Å². The molecule has 8 nitrogen and oxygen atoms in total. The SMILES string of the molecule is CCOc1ccc(C(=O)Nc2nc(-c3ccc(NS(C)(=O)=O)cc3)cs2)cc1OCC. The van der Waals surface area contributed by atoms with Crippen LogP contribution in [0.25, 0.3) is 11.3 Å². The second-order valence-corrected chi connectivity index (χ2v) is 9.08. The highest BCUT2D eigenvalue weighted by atomic mass is 32.2. The molecule has 31 heavy (non-hydrogen) atoms. The molecule has 1 heterocycles. The Hall–Kier alpha value is -3.11. The molecule has 0 bridgehead atoms. The van der Waals surface area contributed by atoms with Crippen molar-refractivity contribution in [3.05, 3.63) is 53.4 Å². The maximum Gasteiger partial charge on any atom is 0.257 e. The minimum atomic E-state index is -3.33. The first-order valence-corrected chi connectivity index (χ1v) is 12.3. The van der Waals surface area contributed by atoms with Gasteiger partial charge in [-0.25, -0.2) is 13.4 Å². The predicted octanol–water partition coefficient (Wildman–Crippen LogP) is 4.23. The Labute approximate surface area is 185 Å². The van der Waals surface area contributed by atoms with Crippen LogP contribution in [0.3, 0.4) is 0 Å². The van der Waals surface area contributed by atoms with Gasteiger partial charge in [0.2, 0.25) is 10.0 Å². The van der Waals surface area contributed by atoms with Gasteiger partial charge in [0.15, 0.2) is 16.6 Å². The van der Waals surface area contributed by atoms with Crippen molar-refractivity contribution >= 4 is 38.1 Å². The average Bonchev–Trinajstić information content (AvgIpc) is 3.17. The molecule has 0 spiro atoms. The molecule has 0 aliphatic carbocycles. The van der Waals surface area contributed by atoms with Gasteiger partial charge in [0.1, 0.15) is 0 Å². The predicted molar refractivity (Wildman–Crippen MR) is 123 cm³/mol. The molecule has 164 valence electrons. The monoisotopic (exact) mass is 461 g/mol. The van der Waals surface area contributed by atoms with Crippen LogP contribution in [0.5, 0.6) is 11.5 Å². The summed E-state index contributed by atoms with van der Waals surface area (Å²) in [6, 6.07) is 11.9. The highest BCUT2D eigenvalue weighted by Gasteiger charge is 2.14. The molecule has 10 heteroatoms. The minimum absolute atomic E-state index is 0.308. The van der Waals surface area contributed by atoms with Crippen LogP contribution in [0.15, 0.2) is 47.8 Å². The number of ether oxygens (including phenoxy) is 2. The number of aromatic nitrogens is 1. The number of benzene rings is 2. The Bertz CT molecular complexity index is 1160. The Morgan fingerprint density at radius 3 is 2.35 bits per heavy atom. The van der Waals surface area contributed by atoms with E-state index in [0.29, 0.717) is 46.8 Å². The van der Waals surface area contributed by atoms with Crippen LogP contribution in [0.4, 0.5) is 10.8 Å². The number of nitrogens with zero attached hydrogens (tertiary/aromatic N) is 1. The smallest absolute Gasteiger partial charge is 0.257 e.